The second kappa shape index (κ2) is 13.7. The van der Waals surface area contributed by atoms with E-state index in [2.05, 4.69) is 15.8 Å². The Bertz CT molecular complexity index is 1250. The van der Waals surface area contributed by atoms with Crippen LogP contribution in [-0.4, -0.2) is 54.2 Å². The monoisotopic (exact) mass is 638 g/mol. The number of alkyl halides is 6. The number of hydrogen-bond donors (Lipinski definition) is 2. The average molecular weight is 639 g/mol. The van der Waals surface area contributed by atoms with Crippen molar-refractivity contribution in [3.63, 3.8) is 0 Å². The fraction of sp³-hybridized carbons (Fsp3) is 0.519. The molecule has 1 aliphatic heterocycles. The lowest BCUT2D eigenvalue weighted by molar-refractivity contribution is -0.140. The van der Waals surface area contributed by atoms with E-state index in [1.54, 1.807) is 11.0 Å². The third kappa shape index (κ3) is 9.14. The van der Waals surface area contributed by atoms with E-state index in [-0.39, 0.29) is 58.1 Å². The molecule has 2 fully saturated rings. The molecular formula is C27H29ClF6N4O3S. The Kier molecular flexibility index (Phi) is 10.5. The fourth-order valence-corrected chi connectivity index (χ4v) is 5.97. The number of amides is 1. The van der Waals surface area contributed by atoms with E-state index in [9.17, 15) is 36.0 Å². The van der Waals surface area contributed by atoms with Gasteiger partial charge in [0.15, 0.2) is 0 Å². The molecule has 1 aliphatic carbocycles. The predicted octanol–water partition coefficient (Wildman–Crippen LogP) is 8.21. The molecule has 1 saturated heterocycles. The van der Waals surface area contributed by atoms with Gasteiger partial charge in [0.05, 0.1) is 16.7 Å². The third-order valence-corrected chi connectivity index (χ3v) is 8.50. The van der Waals surface area contributed by atoms with Gasteiger partial charge in [-0.05, 0) is 91.9 Å². The fourth-order valence-electron chi connectivity index (χ4n) is 5.13. The number of benzene rings is 2. The van der Waals surface area contributed by atoms with Crippen molar-refractivity contribution >= 4 is 46.3 Å². The summed E-state index contributed by atoms with van der Waals surface area (Å²) < 4.78 is 83.3. The number of piperidine rings is 1. The van der Waals surface area contributed by atoms with Crippen LogP contribution in [0.4, 0.5) is 43.4 Å². The Morgan fingerprint density at radius 1 is 0.929 bits per heavy atom. The Hall–Kier alpha value is -2.71. The number of thioether (sulfide) groups is 1. The van der Waals surface area contributed by atoms with Gasteiger partial charge in [-0.1, -0.05) is 11.6 Å². The summed E-state index contributed by atoms with van der Waals surface area (Å²) in [6, 6.07) is 7.64. The molecule has 2 aromatic carbocycles. The van der Waals surface area contributed by atoms with Crippen LogP contribution in [0.15, 0.2) is 46.5 Å². The average Bonchev–Trinajstić information content (AvgIpc) is 2.93. The summed E-state index contributed by atoms with van der Waals surface area (Å²) >= 11 is 5.75. The minimum absolute atomic E-state index is 0.0123. The standard InChI is InChI=1S/C27H29ClF6N4O3S/c28-22-14-19(4-8-24(22)42-27(32,33)34)36-17-9-11-38(12-10-17)25(39)15-41-20-5-1-16(2-6-20)35-18-3-7-23(37-40)21(13-18)26(29,30)31/h3-4,7-8,13-14,16-17,20,35-36H,1-2,5-6,9-12,15H2. The topological polar surface area (TPSA) is 83.0 Å². The molecule has 1 heterocycles. The van der Waals surface area contributed by atoms with Gasteiger partial charge in [0, 0.05) is 41.4 Å². The van der Waals surface area contributed by atoms with Gasteiger partial charge >= 0.3 is 11.7 Å². The summed E-state index contributed by atoms with van der Waals surface area (Å²) in [5.41, 5.74) is -5.29. The molecule has 0 radical (unpaired) electrons. The number of nitroso groups, excluding NO2 is 1. The second-order valence-corrected chi connectivity index (χ2v) is 11.8. The normalized spacial score (nSPS) is 20.3. The van der Waals surface area contributed by atoms with Gasteiger partial charge in [-0.2, -0.15) is 26.3 Å². The van der Waals surface area contributed by atoms with E-state index < -0.39 is 22.9 Å². The van der Waals surface area contributed by atoms with Crippen molar-refractivity contribution < 1.29 is 35.9 Å². The Labute approximate surface area is 247 Å². The van der Waals surface area contributed by atoms with Gasteiger partial charge < -0.3 is 20.3 Å². The summed E-state index contributed by atoms with van der Waals surface area (Å²) in [6.07, 6.45) is -0.956. The highest BCUT2D eigenvalue weighted by Gasteiger charge is 2.35. The first-order valence-electron chi connectivity index (χ1n) is 13.3. The smallest absolute Gasteiger partial charge is 0.382 e. The van der Waals surface area contributed by atoms with Gasteiger partial charge in [-0.15, -0.1) is 4.91 Å². The number of carbonyl (C=O) groups is 1. The number of rotatable bonds is 9. The lowest BCUT2D eigenvalue weighted by Gasteiger charge is -2.34. The number of anilines is 2. The van der Waals surface area contributed by atoms with E-state index in [1.165, 1.54) is 18.2 Å². The largest absolute Gasteiger partial charge is 0.446 e. The van der Waals surface area contributed by atoms with Crippen LogP contribution < -0.4 is 10.6 Å². The highest BCUT2D eigenvalue weighted by atomic mass is 35.5. The zero-order chi connectivity index (χ0) is 30.5. The molecule has 1 amide bonds. The van der Waals surface area contributed by atoms with Crippen molar-refractivity contribution in [3.05, 3.63) is 51.9 Å². The summed E-state index contributed by atoms with van der Waals surface area (Å²) in [4.78, 5) is 25.1. The van der Waals surface area contributed by atoms with E-state index in [4.69, 9.17) is 16.3 Å². The Balaban J connectivity index is 1.16. The molecule has 15 heteroatoms. The highest BCUT2D eigenvalue weighted by molar-refractivity contribution is 8.00. The van der Waals surface area contributed by atoms with E-state index in [0.29, 0.717) is 57.3 Å². The number of hydrogen-bond acceptors (Lipinski definition) is 7. The predicted molar refractivity (Wildman–Crippen MR) is 149 cm³/mol. The minimum Gasteiger partial charge on any atom is -0.382 e. The summed E-state index contributed by atoms with van der Waals surface area (Å²) in [5.74, 6) is -0.131. The summed E-state index contributed by atoms with van der Waals surface area (Å²) in [6.45, 7) is 0.944. The van der Waals surface area contributed by atoms with Crippen LogP contribution in [-0.2, 0) is 15.7 Å². The molecule has 7 nitrogen and oxygen atoms in total. The minimum atomic E-state index is -4.69. The zero-order valence-electron chi connectivity index (χ0n) is 22.2. The molecule has 1 saturated carbocycles. The highest BCUT2D eigenvalue weighted by Crippen LogP contribution is 2.41. The third-order valence-electron chi connectivity index (χ3n) is 7.26. The molecule has 0 bridgehead atoms. The molecule has 2 aromatic rings. The van der Waals surface area contributed by atoms with Crippen LogP contribution in [0.2, 0.25) is 5.02 Å². The van der Waals surface area contributed by atoms with Crippen molar-refractivity contribution in [1.29, 1.82) is 0 Å². The maximum absolute atomic E-state index is 13.2. The maximum Gasteiger partial charge on any atom is 0.446 e. The first kappa shape index (κ1) is 32.2. The van der Waals surface area contributed by atoms with Gasteiger partial charge in [-0.25, -0.2) is 0 Å². The molecule has 0 atom stereocenters. The van der Waals surface area contributed by atoms with E-state index in [0.717, 1.165) is 12.1 Å². The van der Waals surface area contributed by atoms with Crippen LogP contribution in [0.25, 0.3) is 0 Å². The van der Waals surface area contributed by atoms with Gasteiger partial charge in [0.25, 0.3) is 0 Å². The lowest BCUT2D eigenvalue weighted by atomic mass is 9.92. The maximum atomic E-state index is 13.2. The van der Waals surface area contributed by atoms with E-state index in [1.807, 2.05) is 0 Å². The molecular weight excluding hydrogens is 610 g/mol. The van der Waals surface area contributed by atoms with Crippen LogP contribution >= 0.6 is 23.4 Å². The van der Waals surface area contributed by atoms with Crippen molar-refractivity contribution in [2.45, 2.75) is 73.3 Å². The molecule has 4 rings (SSSR count). The zero-order valence-corrected chi connectivity index (χ0v) is 23.8. The first-order valence-corrected chi connectivity index (χ1v) is 14.5. The van der Waals surface area contributed by atoms with Crippen molar-refractivity contribution in [2.24, 2.45) is 5.18 Å². The number of ether oxygens (including phenoxy) is 1. The first-order chi connectivity index (χ1) is 19.8. The van der Waals surface area contributed by atoms with Crippen molar-refractivity contribution in [2.75, 3.05) is 30.3 Å². The molecule has 2 aliphatic rings. The molecule has 2 N–H and O–H groups in total. The van der Waals surface area contributed by atoms with Crippen LogP contribution in [0.1, 0.15) is 44.1 Å². The number of nitrogens with zero attached hydrogens (tertiary/aromatic N) is 2. The molecule has 42 heavy (non-hydrogen) atoms. The van der Waals surface area contributed by atoms with Gasteiger partial charge in [0.2, 0.25) is 5.91 Å². The Morgan fingerprint density at radius 3 is 2.10 bits per heavy atom. The SMILES string of the molecule is O=Nc1ccc(NC2CCC(OCC(=O)N3CCC(Nc4ccc(SC(F)(F)F)c(Cl)c4)CC3)CC2)cc1C(F)(F)F. The van der Waals surface area contributed by atoms with Crippen LogP contribution in [0, 0.1) is 4.91 Å². The van der Waals surface area contributed by atoms with Crippen molar-refractivity contribution in [3.8, 4) is 0 Å². The van der Waals surface area contributed by atoms with Crippen LogP contribution in [0.5, 0.6) is 0 Å². The number of halogens is 7. The Morgan fingerprint density at radius 2 is 1.52 bits per heavy atom. The molecule has 0 spiro atoms. The van der Waals surface area contributed by atoms with Crippen molar-refractivity contribution in [1.82, 2.24) is 4.90 Å². The number of likely N-dealkylation sites (tertiary alicyclic amines) is 1. The summed E-state index contributed by atoms with van der Waals surface area (Å²) in [5, 5.41) is 8.82. The lowest BCUT2D eigenvalue weighted by Crippen LogP contribution is -2.44. The second-order valence-electron chi connectivity index (χ2n) is 10.2. The quantitative estimate of drug-likeness (QED) is 0.164. The molecule has 0 unspecified atom stereocenters. The van der Waals surface area contributed by atoms with E-state index >= 15 is 0 Å². The molecule has 230 valence electrons. The molecule has 0 aromatic heterocycles. The number of carbonyl (C=O) groups excluding carboxylic acids is 1. The van der Waals surface area contributed by atoms with Crippen LogP contribution in [0.3, 0.4) is 0 Å². The number of nitrogens with one attached hydrogen (secondary N) is 2. The van der Waals surface area contributed by atoms with Gasteiger partial charge in [-0.3, -0.25) is 4.79 Å². The summed E-state index contributed by atoms with van der Waals surface area (Å²) in [7, 11) is 0. The van der Waals surface area contributed by atoms with Gasteiger partial charge in [0.1, 0.15) is 12.3 Å².